The van der Waals surface area contributed by atoms with Crippen LogP contribution in [0, 0.1) is 0 Å². The fourth-order valence-electron chi connectivity index (χ4n) is 2.87. The molecule has 8 heteroatoms. The topological polar surface area (TPSA) is 0 Å². The predicted molar refractivity (Wildman–Crippen MR) is 137 cm³/mol. The number of rotatable bonds is 17. The smallest absolute Gasteiger partial charge is 0.126 e. The van der Waals surface area contributed by atoms with E-state index in [1.165, 1.54) is 96.3 Å². The predicted octanol–water partition coefficient (Wildman–Crippen LogP) is 11.2. The van der Waals surface area contributed by atoms with Crippen LogP contribution in [-0.4, -0.2) is 12.0 Å². The van der Waals surface area contributed by atoms with Gasteiger partial charge < -0.3 is 0 Å². The zero-order valence-corrected chi connectivity index (χ0v) is 23.8. The van der Waals surface area contributed by atoms with E-state index >= 15 is 0 Å². The Balaban J connectivity index is 0. The summed E-state index contributed by atoms with van der Waals surface area (Å²) in [6, 6.07) is -3.71. The Bertz CT molecular complexity index is 287. The lowest BCUT2D eigenvalue weighted by molar-refractivity contribution is 0.531. The van der Waals surface area contributed by atoms with E-state index in [1.807, 2.05) is 0 Å². The van der Waals surface area contributed by atoms with Crippen molar-refractivity contribution in [2.24, 2.45) is 0 Å². The zero-order valence-electron chi connectivity index (χ0n) is 17.3. The molecule has 0 aliphatic rings. The molecular weight excluding hydrogens is 497 g/mol. The third kappa shape index (κ3) is 43.1. The second-order valence-corrected chi connectivity index (χ2v) is 26.8. The normalized spacial score (nSPS) is 12.0. The van der Waals surface area contributed by atoms with Crippen LogP contribution in [0.5, 0.6) is 0 Å². The van der Waals surface area contributed by atoms with Crippen molar-refractivity contribution < 1.29 is 0 Å². The fourth-order valence-corrected chi connectivity index (χ4v) is 4.73. The Hall–Kier alpha value is 2.17. The SMILES string of the molecule is CCCCCCCCCCCCCCCCCC[Si](Cl)(Cl)Cl.C[Si](Cl)(Cl)Cl. The molecule has 0 rings (SSSR count). The van der Waals surface area contributed by atoms with E-state index in [9.17, 15) is 0 Å². The Morgan fingerprint density at radius 3 is 0.889 bits per heavy atom. The molecular formula is C19H40Cl6Si2. The highest BCUT2D eigenvalue weighted by molar-refractivity contribution is 7.65. The molecule has 0 spiro atoms. The van der Waals surface area contributed by atoms with Gasteiger partial charge in [-0.25, -0.2) is 0 Å². The van der Waals surface area contributed by atoms with E-state index in [0.717, 1.165) is 12.5 Å². The number of halogens is 6. The second kappa shape index (κ2) is 21.4. The zero-order chi connectivity index (χ0) is 21.0. The summed E-state index contributed by atoms with van der Waals surface area (Å²) in [6.45, 7) is 3.91. The van der Waals surface area contributed by atoms with Gasteiger partial charge >= 0.3 is 12.0 Å². The second-order valence-electron chi connectivity index (χ2n) is 7.45. The average molecular weight is 537 g/mol. The highest BCUT2D eigenvalue weighted by Crippen LogP contribution is 2.27. The van der Waals surface area contributed by atoms with Crippen LogP contribution in [0.1, 0.15) is 110 Å². The highest BCUT2D eigenvalue weighted by atomic mass is 35.8. The third-order valence-corrected chi connectivity index (χ3v) is 6.94. The maximum Gasteiger partial charge on any atom is 0.341 e. The summed E-state index contributed by atoms with van der Waals surface area (Å²) in [5, 5.41) is 0. The van der Waals surface area contributed by atoms with Crippen LogP contribution < -0.4 is 0 Å². The molecule has 0 saturated carbocycles. The number of unbranched alkanes of at least 4 members (excludes halogenated alkanes) is 15. The molecule has 0 aliphatic heterocycles. The summed E-state index contributed by atoms with van der Waals surface area (Å²) in [7, 11) is 0. The summed E-state index contributed by atoms with van der Waals surface area (Å²) >= 11 is 33.2. The monoisotopic (exact) mass is 534 g/mol. The molecule has 0 aromatic rings. The van der Waals surface area contributed by atoms with E-state index in [1.54, 1.807) is 6.55 Å². The lowest BCUT2D eigenvalue weighted by atomic mass is 10.0. The van der Waals surface area contributed by atoms with Crippen LogP contribution in [0.3, 0.4) is 0 Å². The molecule has 0 atom stereocenters. The minimum absolute atomic E-state index is 0.829. The van der Waals surface area contributed by atoms with Gasteiger partial charge in [0.25, 0.3) is 0 Å². The Kier molecular flexibility index (Phi) is 24.9. The van der Waals surface area contributed by atoms with Crippen molar-refractivity contribution in [2.75, 3.05) is 0 Å². The largest absolute Gasteiger partial charge is 0.341 e. The number of hydrogen-bond donors (Lipinski definition) is 0. The van der Waals surface area contributed by atoms with Crippen molar-refractivity contribution in [2.45, 2.75) is 122 Å². The Labute approximate surface area is 199 Å². The van der Waals surface area contributed by atoms with E-state index in [4.69, 9.17) is 66.5 Å². The molecule has 27 heavy (non-hydrogen) atoms. The van der Waals surface area contributed by atoms with Gasteiger partial charge in [0.15, 0.2) is 0 Å². The van der Waals surface area contributed by atoms with E-state index in [-0.39, 0.29) is 0 Å². The molecule has 0 saturated heterocycles. The Morgan fingerprint density at radius 1 is 0.444 bits per heavy atom. The van der Waals surface area contributed by atoms with Crippen LogP contribution in [0.2, 0.25) is 12.6 Å². The van der Waals surface area contributed by atoms with Crippen molar-refractivity contribution in [3.63, 3.8) is 0 Å². The van der Waals surface area contributed by atoms with Crippen molar-refractivity contribution in [1.29, 1.82) is 0 Å². The summed E-state index contributed by atoms with van der Waals surface area (Å²) in [5.74, 6) is 0. The molecule has 0 amide bonds. The molecule has 0 N–H and O–H groups in total. The van der Waals surface area contributed by atoms with Gasteiger partial charge in [-0.15, -0.1) is 66.5 Å². The molecule has 0 bridgehead atoms. The molecule has 0 aliphatic carbocycles. The number of hydrogen-bond acceptors (Lipinski definition) is 0. The fraction of sp³-hybridized carbons (Fsp3) is 1.00. The molecule has 0 aromatic heterocycles. The van der Waals surface area contributed by atoms with Gasteiger partial charge in [0, 0.05) is 0 Å². The molecule has 0 radical (unpaired) electrons. The standard InChI is InChI=1S/C18H37Cl3Si.CH3Cl3Si/c1-2-3-4-5-6-7-8-9-10-11-12-13-14-15-16-17-18-22(19,20)21;1-5(2,3)4/h2-18H2,1H3;1H3. The van der Waals surface area contributed by atoms with Crippen LogP contribution >= 0.6 is 66.5 Å². The minimum atomic E-state index is -2.35. The molecule has 0 aromatic carbocycles. The van der Waals surface area contributed by atoms with Gasteiger partial charge in [0.05, 0.1) is 0 Å². The Morgan fingerprint density at radius 2 is 0.667 bits per heavy atom. The molecule has 0 unspecified atom stereocenters. The van der Waals surface area contributed by atoms with Crippen LogP contribution in [-0.2, 0) is 0 Å². The van der Waals surface area contributed by atoms with Crippen LogP contribution in [0.15, 0.2) is 0 Å². The minimum Gasteiger partial charge on any atom is -0.126 e. The quantitative estimate of drug-likeness (QED) is 0.0984. The highest BCUT2D eigenvalue weighted by Gasteiger charge is 2.23. The van der Waals surface area contributed by atoms with E-state index in [2.05, 4.69) is 6.92 Å². The summed E-state index contributed by atoms with van der Waals surface area (Å²) < 4.78 is 0. The third-order valence-electron chi connectivity index (χ3n) is 4.31. The van der Waals surface area contributed by atoms with Crippen molar-refractivity contribution >= 4 is 78.5 Å². The molecule has 166 valence electrons. The van der Waals surface area contributed by atoms with Crippen LogP contribution in [0.4, 0.5) is 0 Å². The lowest BCUT2D eigenvalue weighted by Crippen LogP contribution is -2.07. The van der Waals surface area contributed by atoms with Gasteiger partial charge in [0.2, 0.25) is 0 Å². The van der Waals surface area contributed by atoms with Gasteiger partial charge in [-0.2, -0.15) is 0 Å². The van der Waals surface area contributed by atoms with Gasteiger partial charge in [-0.1, -0.05) is 110 Å². The van der Waals surface area contributed by atoms with Crippen molar-refractivity contribution in [1.82, 2.24) is 0 Å². The summed E-state index contributed by atoms with van der Waals surface area (Å²) in [5.41, 5.74) is 0. The first-order chi connectivity index (χ1) is 12.6. The van der Waals surface area contributed by atoms with Crippen LogP contribution in [0.25, 0.3) is 0 Å². The molecule has 0 heterocycles. The average Bonchev–Trinajstić information content (AvgIpc) is 2.52. The first-order valence-corrected chi connectivity index (χ1v) is 21.5. The van der Waals surface area contributed by atoms with Gasteiger partial charge in [0.1, 0.15) is 0 Å². The van der Waals surface area contributed by atoms with Gasteiger partial charge in [-0.05, 0) is 12.6 Å². The van der Waals surface area contributed by atoms with Crippen molar-refractivity contribution in [3.8, 4) is 0 Å². The first-order valence-electron chi connectivity index (χ1n) is 10.7. The maximum atomic E-state index is 5.87. The molecule has 0 fully saturated rings. The molecule has 0 nitrogen and oxygen atoms in total. The van der Waals surface area contributed by atoms with Gasteiger partial charge in [-0.3, -0.25) is 0 Å². The lowest BCUT2D eigenvalue weighted by Gasteiger charge is -2.07. The van der Waals surface area contributed by atoms with E-state index < -0.39 is 12.0 Å². The first kappa shape index (κ1) is 31.4. The van der Waals surface area contributed by atoms with E-state index in [0.29, 0.717) is 0 Å². The van der Waals surface area contributed by atoms with Crippen molar-refractivity contribution in [3.05, 3.63) is 0 Å². The summed E-state index contributed by atoms with van der Waals surface area (Å²) in [4.78, 5) is 0. The summed E-state index contributed by atoms with van der Waals surface area (Å²) in [6.07, 6.45) is 22.2. The maximum absolute atomic E-state index is 5.87.